The maximum Gasteiger partial charge on any atom is 0.418 e. The van der Waals surface area contributed by atoms with Crippen molar-refractivity contribution in [1.82, 2.24) is 9.78 Å². The summed E-state index contributed by atoms with van der Waals surface area (Å²) >= 11 is 0. The first-order chi connectivity index (χ1) is 13.9. The lowest BCUT2D eigenvalue weighted by atomic mass is 10.1. The van der Waals surface area contributed by atoms with Gasteiger partial charge in [-0.3, -0.25) is 5.32 Å². The van der Waals surface area contributed by atoms with Crippen LogP contribution in [0.2, 0.25) is 0 Å². The number of nitrogens with zero attached hydrogens (tertiary/aromatic N) is 2. The molecule has 0 bridgehead atoms. The first kappa shape index (κ1) is 19.0. The molecular formula is C21H19F3N4O. The van der Waals surface area contributed by atoms with E-state index in [2.05, 4.69) is 15.7 Å². The van der Waals surface area contributed by atoms with E-state index in [1.807, 2.05) is 30.3 Å². The molecule has 0 spiro atoms. The summed E-state index contributed by atoms with van der Waals surface area (Å²) in [4.78, 5) is 12.5. The van der Waals surface area contributed by atoms with Crippen LogP contribution in [-0.2, 0) is 12.6 Å². The lowest BCUT2D eigenvalue weighted by Crippen LogP contribution is -2.23. The zero-order valence-corrected chi connectivity index (χ0v) is 15.4. The second-order valence-corrected chi connectivity index (χ2v) is 7.04. The van der Waals surface area contributed by atoms with Gasteiger partial charge in [-0.25, -0.2) is 9.48 Å². The summed E-state index contributed by atoms with van der Waals surface area (Å²) in [5, 5.41) is 9.50. The molecular weight excluding hydrogens is 381 g/mol. The molecule has 2 aromatic carbocycles. The number of hydrogen-bond acceptors (Lipinski definition) is 2. The van der Waals surface area contributed by atoms with Crippen molar-refractivity contribution in [3.05, 3.63) is 71.9 Å². The molecule has 8 heteroatoms. The third kappa shape index (κ3) is 4.59. The second-order valence-electron chi connectivity index (χ2n) is 7.04. The molecule has 1 saturated carbocycles. The number of rotatable bonds is 5. The number of nitrogens with one attached hydrogen (secondary N) is 2. The standard InChI is InChI=1S/C21H19F3N4O/c22-21(23,24)17-8-4-5-9-18(17)25-20(29)26-19-13-15(12-14-10-11-14)27-28(19)16-6-2-1-3-7-16/h1-9,13-14H,10-12H2,(H2,25,26,29). The van der Waals surface area contributed by atoms with Crippen LogP contribution in [0.25, 0.3) is 5.69 Å². The Balaban J connectivity index is 1.57. The molecule has 1 aliphatic carbocycles. The average Bonchev–Trinajstić information content (AvgIpc) is 3.41. The van der Waals surface area contributed by atoms with Gasteiger partial charge < -0.3 is 5.32 Å². The third-order valence-corrected chi connectivity index (χ3v) is 4.68. The van der Waals surface area contributed by atoms with E-state index < -0.39 is 17.8 Å². The van der Waals surface area contributed by atoms with E-state index in [9.17, 15) is 18.0 Å². The molecule has 0 unspecified atom stereocenters. The summed E-state index contributed by atoms with van der Waals surface area (Å²) in [7, 11) is 0. The van der Waals surface area contributed by atoms with Gasteiger partial charge in [0, 0.05) is 6.07 Å². The minimum atomic E-state index is -4.56. The molecule has 3 aromatic rings. The Morgan fingerprint density at radius 3 is 2.41 bits per heavy atom. The van der Waals surface area contributed by atoms with Gasteiger partial charge in [-0.15, -0.1) is 0 Å². The van der Waals surface area contributed by atoms with Crippen molar-refractivity contribution in [2.75, 3.05) is 10.6 Å². The van der Waals surface area contributed by atoms with Gasteiger partial charge in [0.05, 0.1) is 22.6 Å². The van der Waals surface area contributed by atoms with E-state index in [0.717, 1.165) is 36.7 Å². The lowest BCUT2D eigenvalue weighted by molar-refractivity contribution is -0.136. The number of halogens is 3. The average molecular weight is 400 g/mol. The van der Waals surface area contributed by atoms with Crippen LogP contribution in [-0.4, -0.2) is 15.8 Å². The first-order valence-corrected chi connectivity index (χ1v) is 9.29. The van der Waals surface area contributed by atoms with Gasteiger partial charge in [0.2, 0.25) is 0 Å². The normalized spacial score (nSPS) is 13.9. The molecule has 2 N–H and O–H groups in total. The summed E-state index contributed by atoms with van der Waals surface area (Å²) in [6.07, 6.45) is -1.43. The van der Waals surface area contributed by atoms with Crippen molar-refractivity contribution in [2.45, 2.75) is 25.4 Å². The quantitative estimate of drug-likeness (QED) is 0.595. The Morgan fingerprint density at radius 2 is 1.72 bits per heavy atom. The number of hydrogen-bond donors (Lipinski definition) is 2. The highest BCUT2D eigenvalue weighted by Gasteiger charge is 2.33. The zero-order chi connectivity index (χ0) is 20.4. The van der Waals surface area contributed by atoms with Gasteiger partial charge in [-0.2, -0.15) is 18.3 Å². The molecule has 1 aliphatic rings. The monoisotopic (exact) mass is 400 g/mol. The van der Waals surface area contributed by atoms with E-state index in [1.54, 1.807) is 10.7 Å². The number of anilines is 2. The molecule has 0 atom stereocenters. The molecule has 1 fully saturated rings. The second kappa shape index (κ2) is 7.62. The highest BCUT2D eigenvalue weighted by molar-refractivity contribution is 6.00. The lowest BCUT2D eigenvalue weighted by Gasteiger charge is -2.14. The number of aromatic nitrogens is 2. The maximum absolute atomic E-state index is 13.2. The smallest absolute Gasteiger partial charge is 0.307 e. The molecule has 5 nitrogen and oxygen atoms in total. The topological polar surface area (TPSA) is 59.0 Å². The number of amides is 2. The predicted octanol–water partition coefficient (Wildman–Crippen LogP) is 5.49. The fraction of sp³-hybridized carbons (Fsp3) is 0.238. The number of alkyl halides is 3. The number of benzene rings is 2. The van der Waals surface area contributed by atoms with Crippen LogP contribution in [0, 0.1) is 5.92 Å². The van der Waals surface area contributed by atoms with Crippen molar-refractivity contribution >= 4 is 17.5 Å². The van der Waals surface area contributed by atoms with Crippen LogP contribution in [0.15, 0.2) is 60.7 Å². The fourth-order valence-corrected chi connectivity index (χ4v) is 3.11. The van der Waals surface area contributed by atoms with Crippen LogP contribution in [0.5, 0.6) is 0 Å². The van der Waals surface area contributed by atoms with Crippen molar-refractivity contribution in [3.63, 3.8) is 0 Å². The summed E-state index contributed by atoms with van der Waals surface area (Å²) in [5.74, 6) is 1.00. The van der Waals surface area contributed by atoms with Gasteiger partial charge in [0.25, 0.3) is 0 Å². The molecule has 1 aromatic heterocycles. The van der Waals surface area contributed by atoms with Crippen LogP contribution >= 0.6 is 0 Å². The predicted molar refractivity (Wildman–Crippen MR) is 104 cm³/mol. The minimum Gasteiger partial charge on any atom is -0.307 e. The minimum absolute atomic E-state index is 0.304. The Kier molecular flexibility index (Phi) is 5.00. The number of para-hydroxylation sites is 2. The molecule has 29 heavy (non-hydrogen) atoms. The molecule has 0 aliphatic heterocycles. The van der Waals surface area contributed by atoms with Gasteiger partial charge in [0.15, 0.2) is 0 Å². The summed E-state index contributed by atoms with van der Waals surface area (Å²) in [5.41, 5.74) is 0.380. The van der Waals surface area contributed by atoms with E-state index in [4.69, 9.17) is 0 Å². The van der Waals surface area contributed by atoms with Gasteiger partial charge >= 0.3 is 12.2 Å². The Labute approximate surface area is 165 Å². The van der Waals surface area contributed by atoms with E-state index >= 15 is 0 Å². The molecule has 2 amide bonds. The van der Waals surface area contributed by atoms with Gasteiger partial charge in [-0.05, 0) is 49.4 Å². The van der Waals surface area contributed by atoms with Crippen LogP contribution in [0.4, 0.5) is 29.5 Å². The van der Waals surface area contributed by atoms with Crippen LogP contribution in [0.3, 0.4) is 0 Å². The molecule has 0 radical (unpaired) electrons. The number of carbonyl (C=O) groups excluding carboxylic acids is 1. The van der Waals surface area contributed by atoms with Crippen molar-refractivity contribution in [2.24, 2.45) is 5.92 Å². The molecule has 1 heterocycles. The summed E-state index contributed by atoms with van der Waals surface area (Å²) in [6.45, 7) is 0. The van der Waals surface area contributed by atoms with Gasteiger partial charge in [-0.1, -0.05) is 30.3 Å². The largest absolute Gasteiger partial charge is 0.418 e. The van der Waals surface area contributed by atoms with Crippen LogP contribution in [0.1, 0.15) is 24.1 Å². The van der Waals surface area contributed by atoms with Crippen molar-refractivity contribution < 1.29 is 18.0 Å². The number of urea groups is 1. The van der Waals surface area contributed by atoms with Crippen molar-refractivity contribution in [3.8, 4) is 5.69 Å². The SMILES string of the molecule is O=C(Nc1ccccc1C(F)(F)F)Nc1cc(CC2CC2)nn1-c1ccccc1. The Bertz CT molecular complexity index is 1010. The first-order valence-electron chi connectivity index (χ1n) is 9.29. The maximum atomic E-state index is 13.2. The Hall–Kier alpha value is -3.29. The van der Waals surface area contributed by atoms with E-state index in [0.29, 0.717) is 11.7 Å². The molecule has 4 rings (SSSR count). The zero-order valence-electron chi connectivity index (χ0n) is 15.4. The van der Waals surface area contributed by atoms with Crippen molar-refractivity contribution in [1.29, 1.82) is 0 Å². The van der Waals surface area contributed by atoms with E-state index in [1.165, 1.54) is 18.2 Å². The summed E-state index contributed by atoms with van der Waals surface area (Å²) < 4.78 is 41.1. The van der Waals surface area contributed by atoms with Gasteiger partial charge in [0.1, 0.15) is 5.82 Å². The van der Waals surface area contributed by atoms with E-state index in [-0.39, 0.29) is 5.69 Å². The summed E-state index contributed by atoms with van der Waals surface area (Å²) in [6, 6.07) is 15.1. The highest BCUT2D eigenvalue weighted by Crippen LogP contribution is 2.35. The molecule has 150 valence electrons. The van der Waals surface area contributed by atoms with Crippen LogP contribution < -0.4 is 10.6 Å². The molecule has 0 saturated heterocycles. The number of carbonyl (C=O) groups is 1. The highest BCUT2D eigenvalue weighted by atomic mass is 19.4. The third-order valence-electron chi connectivity index (χ3n) is 4.68. The Morgan fingerprint density at radius 1 is 1.03 bits per heavy atom. The fourth-order valence-electron chi connectivity index (χ4n) is 3.11.